The highest BCUT2D eigenvalue weighted by Gasteiger charge is 2.11. The summed E-state index contributed by atoms with van der Waals surface area (Å²) in [6, 6.07) is 16.4. The van der Waals surface area contributed by atoms with Crippen LogP contribution in [0.1, 0.15) is 43.3 Å². The molecule has 2 aromatic heterocycles. The number of carbonyl (C=O) groups is 2. The summed E-state index contributed by atoms with van der Waals surface area (Å²) < 4.78 is 5.22. The molecule has 6 heteroatoms. The molecule has 2 amide bonds. The molecule has 0 aliphatic carbocycles. The molecule has 4 aromatic rings. The fourth-order valence-corrected chi connectivity index (χ4v) is 3.39. The van der Waals surface area contributed by atoms with Crippen molar-refractivity contribution in [2.75, 3.05) is 0 Å². The van der Waals surface area contributed by atoms with Gasteiger partial charge in [0, 0.05) is 34.3 Å². The highest BCUT2D eigenvalue weighted by Crippen LogP contribution is 2.22. The number of aromatic nitrogens is 1. The summed E-state index contributed by atoms with van der Waals surface area (Å²) in [6.07, 6.45) is 1.57. The molecule has 0 aliphatic rings. The van der Waals surface area contributed by atoms with E-state index in [4.69, 9.17) is 4.42 Å². The molecule has 0 bridgehead atoms. The second-order valence-corrected chi connectivity index (χ2v) is 7.28. The Labute approximate surface area is 174 Å². The molecule has 30 heavy (non-hydrogen) atoms. The maximum atomic E-state index is 12.6. The van der Waals surface area contributed by atoms with Crippen molar-refractivity contribution < 1.29 is 14.0 Å². The van der Waals surface area contributed by atoms with Gasteiger partial charge in [-0.2, -0.15) is 0 Å². The Bertz CT molecular complexity index is 1210. The van der Waals surface area contributed by atoms with Crippen molar-refractivity contribution >= 4 is 22.7 Å². The van der Waals surface area contributed by atoms with Crippen LogP contribution in [0.4, 0.5) is 0 Å². The molecule has 152 valence electrons. The van der Waals surface area contributed by atoms with Gasteiger partial charge in [0.15, 0.2) is 0 Å². The predicted molar refractivity (Wildman–Crippen MR) is 115 cm³/mol. The minimum Gasteiger partial charge on any atom is -0.467 e. The Morgan fingerprint density at radius 2 is 1.67 bits per heavy atom. The lowest BCUT2D eigenvalue weighted by Gasteiger charge is -2.08. The number of hydrogen-bond acceptors (Lipinski definition) is 3. The van der Waals surface area contributed by atoms with Crippen LogP contribution in [0.25, 0.3) is 10.9 Å². The molecule has 0 atom stereocenters. The van der Waals surface area contributed by atoms with Gasteiger partial charge in [-0.25, -0.2) is 0 Å². The first-order valence-corrected chi connectivity index (χ1v) is 9.78. The highest BCUT2D eigenvalue weighted by atomic mass is 16.3. The second-order valence-electron chi connectivity index (χ2n) is 7.28. The Kier molecular flexibility index (Phi) is 5.39. The average molecular weight is 401 g/mol. The molecule has 4 rings (SSSR count). The first-order chi connectivity index (χ1) is 14.5. The molecular formula is C24H23N3O3. The van der Waals surface area contributed by atoms with Crippen LogP contribution in [0.15, 0.2) is 65.3 Å². The summed E-state index contributed by atoms with van der Waals surface area (Å²) in [6.45, 7) is 4.72. The first kappa shape index (κ1) is 19.5. The van der Waals surface area contributed by atoms with Gasteiger partial charge in [-0.15, -0.1) is 0 Å². The zero-order valence-corrected chi connectivity index (χ0v) is 16.9. The van der Waals surface area contributed by atoms with Crippen molar-refractivity contribution in [1.82, 2.24) is 15.6 Å². The van der Waals surface area contributed by atoms with Crippen LogP contribution in [0.3, 0.4) is 0 Å². The molecular weight excluding hydrogens is 378 g/mol. The number of carbonyl (C=O) groups excluding carboxylic acids is 2. The van der Waals surface area contributed by atoms with Crippen molar-refractivity contribution in [2.45, 2.75) is 26.9 Å². The largest absolute Gasteiger partial charge is 0.467 e. The van der Waals surface area contributed by atoms with E-state index >= 15 is 0 Å². The monoisotopic (exact) mass is 401 g/mol. The molecule has 3 N–H and O–H groups in total. The third-order valence-electron chi connectivity index (χ3n) is 5.22. The van der Waals surface area contributed by atoms with E-state index in [1.54, 1.807) is 36.6 Å². The first-order valence-electron chi connectivity index (χ1n) is 9.78. The summed E-state index contributed by atoms with van der Waals surface area (Å²) >= 11 is 0. The van der Waals surface area contributed by atoms with E-state index in [0.29, 0.717) is 30.0 Å². The Balaban J connectivity index is 1.40. The van der Waals surface area contributed by atoms with Gasteiger partial charge in [0.2, 0.25) is 0 Å². The van der Waals surface area contributed by atoms with Crippen LogP contribution in [0.2, 0.25) is 0 Å². The predicted octanol–water partition coefficient (Wildman–Crippen LogP) is 4.24. The Morgan fingerprint density at radius 3 is 2.43 bits per heavy atom. The summed E-state index contributed by atoms with van der Waals surface area (Å²) in [4.78, 5) is 28.3. The number of H-pyrrole nitrogens is 1. The van der Waals surface area contributed by atoms with Crippen molar-refractivity contribution in [3.8, 4) is 0 Å². The number of hydrogen-bond donors (Lipinski definition) is 3. The van der Waals surface area contributed by atoms with Gasteiger partial charge in [0.25, 0.3) is 11.8 Å². The standard InChI is InChI=1S/C24H23N3O3/c1-15-16(2)27-22-9-8-19(12-21(15)22)24(29)25-13-17-5-3-6-18(11-17)23(28)26-14-20-7-4-10-30-20/h3-12,27H,13-14H2,1-2H3,(H,25,29)(H,26,28). The fourth-order valence-electron chi connectivity index (χ4n) is 3.39. The Morgan fingerprint density at radius 1 is 0.900 bits per heavy atom. The minimum absolute atomic E-state index is 0.150. The minimum atomic E-state index is -0.191. The van der Waals surface area contributed by atoms with Gasteiger partial charge in [-0.3, -0.25) is 9.59 Å². The van der Waals surface area contributed by atoms with Crippen LogP contribution in [0.5, 0.6) is 0 Å². The van der Waals surface area contributed by atoms with E-state index in [1.807, 2.05) is 38.1 Å². The van der Waals surface area contributed by atoms with Gasteiger partial charge in [0.1, 0.15) is 5.76 Å². The quantitative estimate of drug-likeness (QED) is 0.452. The van der Waals surface area contributed by atoms with Crippen LogP contribution < -0.4 is 10.6 Å². The van der Waals surface area contributed by atoms with E-state index < -0.39 is 0 Å². The van der Waals surface area contributed by atoms with E-state index in [2.05, 4.69) is 15.6 Å². The van der Waals surface area contributed by atoms with E-state index in [0.717, 1.165) is 27.7 Å². The number of aromatic amines is 1. The number of fused-ring (bicyclic) bond motifs is 1. The number of furan rings is 1. The van der Waals surface area contributed by atoms with E-state index in [1.165, 1.54) is 0 Å². The summed E-state index contributed by atoms with van der Waals surface area (Å²) in [7, 11) is 0. The third kappa shape index (κ3) is 4.12. The maximum Gasteiger partial charge on any atom is 0.251 e. The van der Waals surface area contributed by atoms with Crippen molar-refractivity contribution in [3.05, 3.63) is 94.6 Å². The number of rotatable bonds is 6. The molecule has 0 fully saturated rings. The molecule has 2 heterocycles. The summed E-state index contributed by atoms with van der Waals surface area (Å²) in [5, 5.41) is 6.80. The zero-order valence-electron chi connectivity index (χ0n) is 16.9. The zero-order chi connectivity index (χ0) is 21.1. The summed E-state index contributed by atoms with van der Waals surface area (Å²) in [5.74, 6) is 0.350. The van der Waals surface area contributed by atoms with Gasteiger partial charge in [-0.1, -0.05) is 12.1 Å². The van der Waals surface area contributed by atoms with Crippen LogP contribution in [-0.2, 0) is 13.1 Å². The molecule has 0 saturated heterocycles. The van der Waals surface area contributed by atoms with E-state index in [9.17, 15) is 9.59 Å². The molecule has 0 radical (unpaired) electrons. The number of benzene rings is 2. The van der Waals surface area contributed by atoms with Gasteiger partial charge in [0.05, 0.1) is 12.8 Å². The maximum absolute atomic E-state index is 12.6. The molecule has 6 nitrogen and oxygen atoms in total. The van der Waals surface area contributed by atoms with Gasteiger partial charge >= 0.3 is 0 Å². The molecule has 0 unspecified atom stereocenters. The molecule has 2 aromatic carbocycles. The second kappa shape index (κ2) is 8.29. The SMILES string of the molecule is Cc1[nH]c2ccc(C(=O)NCc3cccc(C(=O)NCc4ccco4)c3)cc2c1C. The Hall–Kier alpha value is -3.80. The lowest BCUT2D eigenvalue weighted by atomic mass is 10.1. The number of nitrogens with one attached hydrogen (secondary N) is 3. The lowest BCUT2D eigenvalue weighted by Crippen LogP contribution is -2.24. The average Bonchev–Trinajstić information content (AvgIpc) is 3.38. The number of amides is 2. The topological polar surface area (TPSA) is 87.1 Å². The molecule has 0 saturated carbocycles. The fraction of sp³-hybridized carbons (Fsp3) is 0.167. The smallest absolute Gasteiger partial charge is 0.251 e. The lowest BCUT2D eigenvalue weighted by molar-refractivity contribution is 0.0943. The van der Waals surface area contributed by atoms with E-state index in [-0.39, 0.29) is 11.8 Å². The summed E-state index contributed by atoms with van der Waals surface area (Å²) in [5.41, 5.74) is 5.27. The van der Waals surface area contributed by atoms with Crippen LogP contribution in [0, 0.1) is 13.8 Å². The third-order valence-corrected chi connectivity index (χ3v) is 5.22. The van der Waals surface area contributed by atoms with Crippen molar-refractivity contribution in [2.24, 2.45) is 0 Å². The van der Waals surface area contributed by atoms with Crippen molar-refractivity contribution in [1.29, 1.82) is 0 Å². The number of aryl methyl sites for hydroxylation is 2. The van der Waals surface area contributed by atoms with Gasteiger partial charge in [-0.05, 0) is 67.4 Å². The highest BCUT2D eigenvalue weighted by molar-refractivity contribution is 5.99. The van der Waals surface area contributed by atoms with Gasteiger partial charge < -0.3 is 20.0 Å². The molecule has 0 spiro atoms. The normalized spacial score (nSPS) is 10.9. The molecule has 0 aliphatic heterocycles. The van der Waals surface area contributed by atoms with Crippen LogP contribution >= 0.6 is 0 Å². The van der Waals surface area contributed by atoms with Crippen LogP contribution in [-0.4, -0.2) is 16.8 Å². The van der Waals surface area contributed by atoms with Crippen molar-refractivity contribution in [3.63, 3.8) is 0 Å².